The zero-order valence-corrected chi connectivity index (χ0v) is 11.3. The molecule has 1 saturated carbocycles. The summed E-state index contributed by atoms with van der Waals surface area (Å²) in [7, 11) is 2.12. The lowest BCUT2D eigenvalue weighted by Crippen LogP contribution is -2.27. The fourth-order valence-corrected chi connectivity index (χ4v) is 2.11. The summed E-state index contributed by atoms with van der Waals surface area (Å²) in [4.78, 5) is 2.55. The van der Waals surface area contributed by atoms with Gasteiger partial charge >= 0.3 is 0 Å². The molecule has 18 heavy (non-hydrogen) atoms. The number of benzene rings is 1. The van der Waals surface area contributed by atoms with Crippen molar-refractivity contribution in [2.24, 2.45) is 5.73 Å². The molecule has 1 fully saturated rings. The first-order chi connectivity index (χ1) is 8.58. The second kappa shape index (κ2) is 5.63. The molecule has 1 aliphatic rings. The molecule has 0 saturated heterocycles. The predicted octanol–water partition coefficient (Wildman–Crippen LogP) is 1.97. The largest absolute Gasteiger partial charge is 0.389 e. The number of nitrogens with one attached hydrogen (secondary N) is 1. The minimum atomic E-state index is -0.321. The lowest BCUT2D eigenvalue weighted by molar-refractivity contribution is 0.337. The molecule has 98 valence electrons. The van der Waals surface area contributed by atoms with Crippen LogP contribution in [0.25, 0.3) is 0 Å². The molecule has 3 N–H and O–H groups in total. The van der Waals surface area contributed by atoms with Crippen molar-refractivity contribution < 1.29 is 4.39 Å². The van der Waals surface area contributed by atoms with Crippen LogP contribution < -0.4 is 11.1 Å². The number of halogens is 1. The van der Waals surface area contributed by atoms with Gasteiger partial charge in [-0.25, -0.2) is 4.39 Å². The normalized spacial score (nSPS) is 14.8. The van der Waals surface area contributed by atoms with Crippen LogP contribution in [0.2, 0.25) is 0 Å². The highest BCUT2D eigenvalue weighted by atomic mass is 32.1. The molecule has 1 aliphatic carbocycles. The standard InChI is InChI=1S/C13H18FN3S/c1-17(10-3-4-10)7-6-16-12-5-2-9(14)8-11(12)13(15)18/h2,5,8,10,16H,3-4,6-7H2,1H3,(H2,15,18). The van der Waals surface area contributed by atoms with E-state index in [1.807, 2.05) is 0 Å². The van der Waals surface area contributed by atoms with Crippen molar-refractivity contribution in [1.29, 1.82) is 0 Å². The molecule has 0 aromatic heterocycles. The highest BCUT2D eigenvalue weighted by Crippen LogP contribution is 2.25. The summed E-state index contributed by atoms with van der Waals surface area (Å²) < 4.78 is 13.1. The predicted molar refractivity (Wildman–Crippen MR) is 76.4 cm³/mol. The molecule has 1 aromatic rings. The van der Waals surface area contributed by atoms with E-state index in [0.29, 0.717) is 5.56 Å². The van der Waals surface area contributed by atoms with Crippen LogP contribution in [-0.2, 0) is 0 Å². The molecule has 1 aromatic carbocycles. The maximum absolute atomic E-state index is 13.1. The van der Waals surface area contributed by atoms with E-state index in [1.54, 1.807) is 6.07 Å². The number of thiocarbonyl (C=S) groups is 1. The lowest BCUT2D eigenvalue weighted by atomic mass is 10.1. The molecule has 0 heterocycles. The molecule has 0 spiro atoms. The fourth-order valence-electron chi connectivity index (χ4n) is 1.94. The average molecular weight is 267 g/mol. The summed E-state index contributed by atoms with van der Waals surface area (Å²) in [5.41, 5.74) is 6.96. The Kier molecular flexibility index (Phi) is 4.14. The van der Waals surface area contributed by atoms with Crippen LogP contribution >= 0.6 is 12.2 Å². The van der Waals surface area contributed by atoms with Gasteiger partial charge in [0.15, 0.2) is 0 Å². The Morgan fingerprint density at radius 3 is 2.89 bits per heavy atom. The van der Waals surface area contributed by atoms with Gasteiger partial charge in [-0.2, -0.15) is 0 Å². The number of anilines is 1. The third-order valence-electron chi connectivity index (χ3n) is 3.20. The van der Waals surface area contributed by atoms with Crippen LogP contribution in [0.4, 0.5) is 10.1 Å². The van der Waals surface area contributed by atoms with Crippen molar-refractivity contribution in [2.45, 2.75) is 18.9 Å². The van der Waals surface area contributed by atoms with Gasteiger partial charge in [-0.1, -0.05) is 12.2 Å². The first-order valence-electron chi connectivity index (χ1n) is 6.11. The molecule has 0 radical (unpaired) electrons. The highest BCUT2D eigenvalue weighted by molar-refractivity contribution is 7.80. The number of hydrogen-bond donors (Lipinski definition) is 2. The number of rotatable bonds is 6. The van der Waals surface area contributed by atoms with Crippen molar-refractivity contribution in [3.63, 3.8) is 0 Å². The van der Waals surface area contributed by atoms with Gasteiger partial charge in [-0.15, -0.1) is 0 Å². The average Bonchev–Trinajstić information content (AvgIpc) is 3.14. The van der Waals surface area contributed by atoms with Crippen LogP contribution in [0.1, 0.15) is 18.4 Å². The van der Waals surface area contributed by atoms with E-state index in [2.05, 4.69) is 17.3 Å². The molecular weight excluding hydrogens is 249 g/mol. The van der Waals surface area contributed by atoms with Crippen molar-refractivity contribution in [3.8, 4) is 0 Å². The van der Waals surface area contributed by atoms with Crippen molar-refractivity contribution in [2.75, 3.05) is 25.5 Å². The smallest absolute Gasteiger partial charge is 0.124 e. The Hall–Kier alpha value is -1.20. The number of nitrogens with zero attached hydrogens (tertiary/aromatic N) is 1. The fraction of sp³-hybridized carbons (Fsp3) is 0.462. The van der Waals surface area contributed by atoms with Crippen molar-refractivity contribution in [3.05, 3.63) is 29.6 Å². The first-order valence-corrected chi connectivity index (χ1v) is 6.52. The number of hydrogen-bond acceptors (Lipinski definition) is 3. The first kappa shape index (κ1) is 13.2. The highest BCUT2D eigenvalue weighted by Gasteiger charge is 2.25. The summed E-state index contributed by atoms with van der Waals surface area (Å²) in [5.74, 6) is -0.321. The van der Waals surface area contributed by atoms with E-state index in [1.165, 1.54) is 25.0 Å². The van der Waals surface area contributed by atoms with E-state index in [4.69, 9.17) is 18.0 Å². The Bertz CT molecular complexity index is 446. The van der Waals surface area contributed by atoms with Gasteiger partial charge in [0.05, 0.1) is 0 Å². The summed E-state index contributed by atoms with van der Waals surface area (Å²) in [6.45, 7) is 1.76. The Morgan fingerprint density at radius 2 is 2.28 bits per heavy atom. The third-order valence-corrected chi connectivity index (χ3v) is 3.42. The molecular formula is C13H18FN3S. The summed E-state index contributed by atoms with van der Waals surface area (Å²) in [6, 6.07) is 5.21. The Morgan fingerprint density at radius 1 is 1.56 bits per heavy atom. The molecule has 2 rings (SSSR count). The molecule has 0 atom stereocenters. The Balaban J connectivity index is 1.93. The monoisotopic (exact) mass is 267 g/mol. The summed E-state index contributed by atoms with van der Waals surface area (Å²) in [5, 5.41) is 3.26. The van der Waals surface area contributed by atoms with E-state index < -0.39 is 0 Å². The maximum atomic E-state index is 13.1. The van der Waals surface area contributed by atoms with Crippen LogP contribution in [-0.4, -0.2) is 36.1 Å². The summed E-state index contributed by atoms with van der Waals surface area (Å²) >= 11 is 4.92. The maximum Gasteiger partial charge on any atom is 0.124 e. The zero-order chi connectivity index (χ0) is 13.1. The van der Waals surface area contributed by atoms with Crippen LogP contribution in [0.3, 0.4) is 0 Å². The SMILES string of the molecule is CN(CCNc1ccc(F)cc1C(N)=S)C1CC1. The van der Waals surface area contributed by atoms with Crippen LogP contribution in [0.15, 0.2) is 18.2 Å². The third kappa shape index (κ3) is 3.40. The van der Waals surface area contributed by atoms with Crippen molar-refractivity contribution >= 4 is 22.9 Å². The molecule has 0 unspecified atom stereocenters. The molecule has 0 amide bonds. The molecule has 3 nitrogen and oxygen atoms in total. The van der Waals surface area contributed by atoms with Gasteiger partial charge in [0.1, 0.15) is 10.8 Å². The Labute approximate surface area is 112 Å². The molecule has 0 bridgehead atoms. The van der Waals surface area contributed by atoms with E-state index >= 15 is 0 Å². The lowest BCUT2D eigenvalue weighted by Gasteiger charge is -2.17. The molecule has 5 heteroatoms. The van der Waals surface area contributed by atoms with Gasteiger partial charge in [0.2, 0.25) is 0 Å². The van der Waals surface area contributed by atoms with Crippen LogP contribution in [0, 0.1) is 5.82 Å². The number of likely N-dealkylation sites (N-methyl/N-ethyl adjacent to an activating group) is 1. The second-order valence-electron chi connectivity index (χ2n) is 4.69. The van der Waals surface area contributed by atoms with Crippen LogP contribution in [0.5, 0.6) is 0 Å². The molecule has 0 aliphatic heterocycles. The van der Waals surface area contributed by atoms with Gasteiger partial charge in [-0.05, 0) is 38.1 Å². The zero-order valence-electron chi connectivity index (χ0n) is 10.4. The van der Waals surface area contributed by atoms with Gasteiger partial charge in [0, 0.05) is 30.4 Å². The van der Waals surface area contributed by atoms with E-state index in [0.717, 1.165) is 24.8 Å². The van der Waals surface area contributed by atoms with Gasteiger partial charge in [0.25, 0.3) is 0 Å². The topological polar surface area (TPSA) is 41.3 Å². The quantitative estimate of drug-likeness (QED) is 0.773. The minimum absolute atomic E-state index is 0.215. The second-order valence-corrected chi connectivity index (χ2v) is 5.13. The van der Waals surface area contributed by atoms with Gasteiger partial charge < -0.3 is 16.0 Å². The van der Waals surface area contributed by atoms with E-state index in [9.17, 15) is 4.39 Å². The van der Waals surface area contributed by atoms with Gasteiger partial charge in [-0.3, -0.25) is 0 Å². The summed E-state index contributed by atoms with van der Waals surface area (Å²) in [6.07, 6.45) is 2.59. The number of nitrogens with two attached hydrogens (primary N) is 1. The van der Waals surface area contributed by atoms with E-state index in [-0.39, 0.29) is 10.8 Å². The minimum Gasteiger partial charge on any atom is -0.389 e. The van der Waals surface area contributed by atoms with Crippen molar-refractivity contribution in [1.82, 2.24) is 4.90 Å².